The van der Waals surface area contributed by atoms with Gasteiger partial charge < -0.3 is 9.42 Å². The van der Waals surface area contributed by atoms with Crippen molar-refractivity contribution in [1.29, 1.82) is 0 Å². The number of pyridine rings is 1. The van der Waals surface area contributed by atoms with Gasteiger partial charge in [-0.15, -0.1) is 0 Å². The molecule has 0 spiro atoms. The van der Waals surface area contributed by atoms with E-state index in [1.165, 1.54) is 0 Å². The predicted molar refractivity (Wildman–Crippen MR) is 80.5 cm³/mol. The van der Waals surface area contributed by atoms with E-state index in [1.807, 2.05) is 17.0 Å². The van der Waals surface area contributed by atoms with Crippen LogP contribution in [0.5, 0.6) is 0 Å². The van der Waals surface area contributed by atoms with E-state index in [0.29, 0.717) is 24.0 Å². The van der Waals surface area contributed by atoms with Crippen LogP contribution in [0.3, 0.4) is 0 Å². The number of carbonyl (C=O) groups excluding carboxylic acids is 1. The number of likely N-dealkylation sites (tertiary alicyclic amines) is 1. The van der Waals surface area contributed by atoms with Crippen LogP contribution in [0.15, 0.2) is 22.9 Å². The minimum atomic E-state index is -0.0174. The van der Waals surface area contributed by atoms with Crippen LogP contribution in [0.25, 0.3) is 0 Å². The smallest absolute Gasteiger partial charge is 0.272 e. The molecule has 2 aromatic rings. The van der Waals surface area contributed by atoms with E-state index < -0.39 is 0 Å². The second-order valence-corrected chi connectivity index (χ2v) is 5.67. The van der Waals surface area contributed by atoms with Gasteiger partial charge in [0.2, 0.25) is 5.89 Å². The molecule has 1 fully saturated rings. The summed E-state index contributed by atoms with van der Waals surface area (Å²) in [5, 5.41) is 3.84. The topological polar surface area (TPSA) is 72.1 Å². The summed E-state index contributed by atoms with van der Waals surface area (Å²) in [4.78, 5) is 23.0. The average molecular weight is 300 g/mol. The lowest BCUT2D eigenvalue weighted by atomic mass is 9.97. The van der Waals surface area contributed by atoms with E-state index in [9.17, 15) is 4.79 Å². The largest absolute Gasteiger partial charge is 0.339 e. The number of carbonyl (C=O) groups is 1. The molecular weight excluding hydrogens is 280 g/mol. The summed E-state index contributed by atoms with van der Waals surface area (Å²) in [6.07, 6.45) is 4.50. The van der Waals surface area contributed by atoms with Gasteiger partial charge in [0, 0.05) is 19.3 Å². The molecule has 1 aliphatic rings. The molecule has 0 N–H and O–H groups in total. The fraction of sp³-hybridized carbons (Fsp3) is 0.500. The molecule has 1 aliphatic heterocycles. The highest BCUT2D eigenvalue weighted by molar-refractivity contribution is 5.92. The van der Waals surface area contributed by atoms with E-state index in [4.69, 9.17) is 4.52 Å². The Morgan fingerprint density at radius 2 is 2.36 bits per heavy atom. The summed E-state index contributed by atoms with van der Waals surface area (Å²) in [5.74, 6) is 1.37. The lowest BCUT2D eigenvalue weighted by molar-refractivity contribution is 0.0689. The quantitative estimate of drug-likeness (QED) is 0.870. The van der Waals surface area contributed by atoms with E-state index in [2.05, 4.69) is 22.0 Å². The summed E-state index contributed by atoms with van der Waals surface area (Å²) in [7, 11) is 0. The standard InChI is InChI=1S/C16H20N4O2/c1-3-12-6-7-17-14(9-12)16(21)20-8-4-5-13(10-20)15-18-11(2)19-22-15/h6-7,9,13H,3-5,8,10H2,1-2H3. The second kappa shape index (κ2) is 6.25. The van der Waals surface area contributed by atoms with Gasteiger partial charge in [-0.2, -0.15) is 4.98 Å². The third-order valence-electron chi connectivity index (χ3n) is 4.05. The van der Waals surface area contributed by atoms with E-state index in [-0.39, 0.29) is 11.8 Å². The fourth-order valence-corrected chi connectivity index (χ4v) is 2.82. The Balaban J connectivity index is 1.75. The monoisotopic (exact) mass is 300 g/mol. The van der Waals surface area contributed by atoms with Crippen molar-refractivity contribution in [2.45, 2.75) is 39.0 Å². The number of aryl methyl sites for hydroxylation is 2. The maximum atomic E-state index is 12.6. The number of nitrogens with zero attached hydrogens (tertiary/aromatic N) is 4. The van der Waals surface area contributed by atoms with Crippen LogP contribution >= 0.6 is 0 Å². The van der Waals surface area contributed by atoms with Gasteiger partial charge in [-0.1, -0.05) is 12.1 Å². The first kappa shape index (κ1) is 14.7. The minimum absolute atomic E-state index is 0.0174. The van der Waals surface area contributed by atoms with Crippen LogP contribution in [0.1, 0.15) is 53.5 Å². The molecule has 0 saturated carbocycles. The molecule has 0 aromatic carbocycles. The first-order chi connectivity index (χ1) is 10.7. The van der Waals surface area contributed by atoms with Crippen molar-refractivity contribution in [3.05, 3.63) is 41.3 Å². The molecule has 1 atom stereocenters. The maximum absolute atomic E-state index is 12.6. The molecule has 2 aromatic heterocycles. The van der Waals surface area contributed by atoms with Crippen LogP contribution in [-0.2, 0) is 6.42 Å². The molecule has 0 aliphatic carbocycles. The van der Waals surface area contributed by atoms with Gasteiger partial charge in [0.25, 0.3) is 5.91 Å². The zero-order valence-corrected chi connectivity index (χ0v) is 13.0. The lowest BCUT2D eigenvalue weighted by Gasteiger charge is -2.30. The summed E-state index contributed by atoms with van der Waals surface area (Å²) >= 11 is 0. The summed E-state index contributed by atoms with van der Waals surface area (Å²) in [5.41, 5.74) is 1.64. The van der Waals surface area contributed by atoms with E-state index in [0.717, 1.165) is 31.4 Å². The van der Waals surface area contributed by atoms with Gasteiger partial charge in [0.1, 0.15) is 5.69 Å². The van der Waals surface area contributed by atoms with Gasteiger partial charge in [-0.3, -0.25) is 9.78 Å². The molecule has 116 valence electrons. The van der Waals surface area contributed by atoms with Crippen LogP contribution < -0.4 is 0 Å². The van der Waals surface area contributed by atoms with Crippen molar-refractivity contribution >= 4 is 5.91 Å². The van der Waals surface area contributed by atoms with Crippen molar-refractivity contribution in [1.82, 2.24) is 20.0 Å². The van der Waals surface area contributed by atoms with Gasteiger partial charge in [0.15, 0.2) is 5.82 Å². The van der Waals surface area contributed by atoms with Crippen LogP contribution in [0.2, 0.25) is 0 Å². The first-order valence-corrected chi connectivity index (χ1v) is 7.71. The number of aromatic nitrogens is 3. The maximum Gasteiger partial charge on any atom is 0.272 e. The normalized spacial score (nSPS) is 18.5. The van der Waals surface area contributed by atoms with Crippen LogP contribution in [0.4, 0.5) is 0 Å². The average Bonchev–Trinajstić information content (AvgIpc) is 3.01. The molecule has 1 saturated heterocycles. The van der Waals surface area contributed by atoms with Gasteiger partial charge in [0.05, 0.1) is 5.92 Å². The molecule has 0 bridgehead atoms. The van der Waals surface area contributed by atoms with Crippen LogP contribution in [0, 0.1) is 6.92 Å². The third kappa shape index (κ3) is 3.00. The molecule has 22 heavy (non-hydrogen) atoms. The zero-order valence-electron chi connectivity index (χ0n) is 13.0. The Bertz CT molecular complexity index is 668. The molecule has 3 heterocycles. The fourth-order valence-electron chi connectivity index (χ4n) is 2.82. The highest BCUT2D eigenvalue weighted by Crippen LogP contribution is 2.26. The van der Waals surface area contributed by atoms with E-state index >= 15 is 0 Å². The molecule has 3 rings (SSSR count). The molecule has 1 amide bonds. The number of rotatable bonds is 3. The van der Waals surface area contributed by atoms with Crippen molar-refractivity contribution in [2.75, 3.05) is 13.1 Å². The molecule has 6 nitrogen and oxygen atoms in total. The zero-order chi connectivity index (χ0) is 15.5. The molecule has 1 unspecified atom stereocenters. The number of amides is 1. The SMILES string of the molecule is CCc1ccnc(C(=O)N2CCCC(c3nc(C)no3)C2)c1. The third-order valence-corrected chi connectivity index (χ3v) is 4.05. The minimum Gasteiger partial charge on any atom is -0.339 e. The Morgan fingerprint density at radius 3 is 3.09 bits per heavy atom. The first-order valence-electron chi connectivity index (χ1n) is 7.71. The number of piperidine rings is 1. The van der Waals surface area contributed by atoms with Gasteiger partial charge in [-0.05, 0) is 43.9 Å². The summed E-state index contributed by atoms with van der Waals surface area (Å²) in [6.45, 7) is 5.23. The predicted octanol–water partition coefficient (Wildman–Crippen LogP) is 2.36. The van der Waals surface area contributed by atoms with Crippen LogP contribution in [-0.4, -0.2) is 39.0 Å². The van der Waals surface area contributed by atoms with Crippen molar-refractivity contribution in [3.8, 4) is 0 Å². The molecular formula is C16H20N4O2. The van der Waals surface area contributed by atoms with E-state index in [1.54, 1.807) is 13.1 Å². The molecule has 6 heteroatoms. The lowest BCUT2D eigenvalue weighted by Crippen LogP contribution is -2.39. The highest BCUT2D eigenvalue weighted by Gasteiger charge is 2.29. The van der Waals surface area contributed by atoms with Gasteiger partial charge in [-0.25, -0.2) is 0 Å². The summed E-state index contributed by atoms with van der Waals surface area (Å²) in [6, 6.07) is 3.82. The summed E-state index contributed by atoms with van der Waals surface area (Å²) < 4.78 is 5.26. The highest BCUT2D eigenvalue weighted by atomic mass is 16.5. The second-order valence-electron chi connectivity index (χ2n) is 5.67. The van der Waals surface area contributed by atoms with Crippen molar-refractivity contribution in [2.24, 2.45) is 0 Å². The Labute approximate surface area is 129 Å². The Morgan fingerprint density at radius 1 is 1.50 bits per heavy atom. The molecule has 0 radical (unpaired) electrons. The van der Waals surface area contributed by atoms with Crippen molar-refractivity contribution in [3.63, 3.8) is 0 Å². The number of hydrogen-bond acceptors (Lipinski definition) is 5. The number of hydrogen-bond donors (Lipinski definition) is 0. The van der Waals surface area contributed by atoms with Gasteiger partial charge >= 0.3 is 0 Å². The Kier molecular flexibility index (Phi) is 4.18. The van der Waals surface area contributed by atoms with Crippen molar-refractivity contribution < 1.29 is 9.32 Å². The Hall–Kier alpha value is -2.24.